The van der Waals surface area contributed by atoms with Crippen molar-refractivity contribution >= 4 is 54.2 Å². The molecule has 186 valence electrons. The molecule has 0 unspecified atom stereocenters. The normalized spacial score (nSPS) is 12.2. The first-order valence-electron chi connectivity index (χ1n) is 11.4. The van der Waals surface area contributed by atoms with E-state index in [9.17, 15) is 18.0 Å². The molecular weight excluding hydrogens is 530 g/mol. The number of nitrogens with one attached hydrogen (secondary N) is 1. The highest BCUT2D eigenvalue weighted by atomic mass is 79.9. The molecule has 0 aromatic heterocycles. The fourth-order valence-corrected chi connectivity index (χ4v) is 4.91. The van der Waals surface area contributed by atoms with Crippen molar-refractivity contribution in [2.75, 3.05) is 23.7 Å². The minimum absolute atomic E-state index is 0.167. The molecule has 1 atom stereocenters. The third kappa shape index (κ3) is 6.82. The molecule has 0 bridgehead atoms. The van der Waals surface area contributed by atoms with Crippen molar-refractivity contribution in [2.45, 2.75) is 32.9 Å². The maximum absolute atomic E-state index is 13.6. The summed E-state index contributed by atoms with van der Waals surface area (Å²) in [5, 5.41) is 4.42. The van der Waals surface area contributed by atoms with Gasteiger partial charge in [-0.2, -0.15) is 0 Å². The number of hydrogen-bond donors (Lipinski definition) is 1. The first kappa shape index (κ1) is 26.7. The highest BCUT2D eigenvalue weighted by Gasteiger charge is 2.30. The average molecular weight is 561 g/mol. The molecule has 0 heterocycles. The Morgan fingerprint density at radius 3 is 2.31 bits per heavy atom. The van der Waals surface area contributed by atoms with Crippen LogP contribution in [0.2, 0.25) is 0 Å². The summed E-state index contributed by atoms with van der Waals surface area (Å²) < 4.78 is 27.7. The van der Waals surface area contributed by atoms with Crippen molar-refractivity contribution in [2.24, 2.45) is 0 Å². The number of amides is 2. The van der Waals surface area contributed by atoms with E-state index in [4.69, 9.17) is 0 Å². The topological polar surface area (TPSA) is 86.8 Å². The number of halogens is 1. The van der Waals surface area contributed by atoms with Crippen molar-refractivity contribution in [3.05, 3.63) is 76.8 Å². The molecule has 3 aromatic rings. The van der Waals surface area contributed by atoms with Gasteiger partial charge in [0.1, 0.15) is 12.6 Å². The molecule has 3 rings (SSSR count). The van der Waals surface area contributed by atoms with Gasteiger partial charge in [0.2, 0.25) is 21.8 Å². The number of carbonyl (C=O) groups is 2. The van der Waals surface area contributed by atoms with E-state index in [1.165, 1.54) is 4.90 Å². The van der Waals surface area contributed by atoms with Crippen LogP contribution in [0.15, 0.2) is 71.2 Å². The number of benzene rings is 3. The van der Waals surface area contributed by atoms with Gasteiger partial charge in [-0.25, -0.2) is 8.42 Å². The number of rotatable bonds is 10. The standard InChI is InChI=1S/C26H30BrN3O4S/c1-4-16-28-26(32)19(2)29(17-20-12-14-22(27)15-13-20)25(31)18-30(35(3,33)34)24-11-7-9-21-8-5-6-10-23(21)24/h5-15,19H,4,16-18H2,1-3H3,(H,28,32)/t19-/m0/s1. The summed E-state index contributed by atoms with van der Waals surface area (Å²) in [7, 11) is -3.80. The first-order valence-corrected chi connectivity index (χ1v) is 14.0. The Morgan fingerprint density at radius 1 is 1.00 bits per heavy atom. The fraction of sp³-hybridized carbons (Fsp3) is 0.308. The average Bonchev–Trinajstić information content (AvgIpc) is 2.84. The largest absolute Gasteiger partial charge is 0.354 e. The minimum atomic E-state index is -3.80. The second-order valence-corrected chi connectivity index (χ2v) is 11.2. The lowest BCUT2D eigenvalue weighted by Gasteiger charge is -2.31. The van der Waals surface area contributed by atoms with Gasteiger partial charge in [-0.05, 0) is 42.5 Å². The Morgan fingerprint density at radius 2 is 1.66 bits per heavy atom. The van der Waals surface area contributed by atoms with Crippen molar-refractivity contribution in [3.63, 3.8) is 0 Å². The van der Waals surface area contributed by atoms with E-state index in [0.29, 0.717) is 12.2 Å². The highest BCUT2D eigenvalue weighted by Crippen LogP contribution is 2.28. The summed E-state index contributed by atoms with van der Waals surface area (Å²) in [5.41, 5.74) is 1.25. The number of anilines is 1. The van der Waals surface area contributed by atoms with Crippen molar-refractivity contribution < 1.29 is 18.0 Å². The van der Waals surface area contributed by atoms with Crippen molar-refractivity contribution in [1.29, 1.82) is 0 Å². The molecular formula is C26H30BrN3O4S. The van der Waals surface area contributed by atoms with E-state index in [2.05, 4.69) is 21.2 Å². The van der Waals surface area contributed by atoms with Crippen LogP contribution in [0.1, 0.15) is 25.8 Å². The molecule has 0 spiro atoms. The van der Waals surface area contributed by atoms with Crippen LogP contribution >= 0.6 is 15.9 Å². The molecule has 2 amide bonds. The molecule has 9 heteroatoms. The van der Waals surface area contributed by atoms with Gasteiger partial charge in [-0.15, -0.1) is 0 Å². The molecule has 0 saturated carbocycles. The Labute approximate surface area is 215 Å². The second-order valence-electron chi connectivity index (χ2n) is 8.38. The monoisotopic (exact) mass is 559 g/mol. The SMILES string of the molecule is CCCNC(=O)[C@H](C)N(Cc1ccc(Br)cc1)C(=O)CN(c1cccc2ccccc12)S(C)(=O)=O. The lowest BCUT2D eigenvalue weighted by molar-refractivity contribution is -0.139. The predicted octanol–water partition coefficient (Wildman–Crippen LogP) is 4.31. The van der Waals surface area contributed by atoms with Crippen LogP contribution in [0.25, 0.3) is 10.8 Å². The van der Waals surface area contributed by atoms with Crippen LogP contribution in [-0.4, -0.2) is 50.5 Å². The van der Waals surface area contributed by atoms with E-state index in [0.717, 1.165) is 37.8 Å². The molecule has 7 nitrogen and oxygen atoms in total. The van der Waals surface area contributed by atoms with Gasteiger partial charge in [0.15, 0.2) is 0 Å². The maximum atomic E-state index is 13.6. The quantitative estimate of drug-likeness (QED) is 0.401. The molecule has 35 heavy (non-hydrogen) atoms. The Kier molecular flexibility index (Phi) is 8.91. The van der Waals surface area contributed by atoms with E-state index in [-0.39, 0.29) is 12.5 Å². The summed E-state index contributed by atoms with van der Waals surface area (Å²) in [6.07, 6.45) is 1.85. The summed E-state index contributed by atoms with van der Waals surface area (Å²) in [4.78, 5) is 27.8. The van der Waals surface area contributed by atoms with E-state index in [1.807, 2.05) is 61.5 Å². The Bertz CT molecular complexity index is 1290. The lowest BCUT2D eigenvalue weighted by Crippen LogP contribution is -2.51. The molecule has 3 aromatic carbocycles. The first-order chi connectivity index (χ1) is 16.6. The Balaban J connectivity index is 1.97. The summed E-state index contributed by atoms with van der Waals surface area (Å²) in [6.45, 7) is 3.85. The fourth-order valence-electron chi connectivity index (χ4n) is 3.79. The van der Waals surface area contributed by atoms with E-state index < -0.39 is 28.5 Å². The number of fused-ring (bicyclic) bond motifs is 1. The number of sulfonamides is 1. The zero-order valence-corrected chi connectivity index (χ0v) is 22.5. The molecule has 0 saturated heterocycles. The smallest absolute Gasteiger partial charge is 0.244 e. The van der Waals surface area contributed by atoms with Gasteiger partial charge in [0, 0.05) is 22.9 Å². The van der Waals surface area contributed by atoms with Crippen LogP contribution in [0.5, 0.6) is 0 Å². The third-order valence-corrected chi connectivity index (χ3v) is 7.35. The van der Waals surface area contributed by atoms with Gasteiger partial charge in [0.25, 0.3) is 0 Å². The van der Waals surface area contributed by atoms with Crippen molar-refractivity contribution in [3.8, 4) is 0 Å². The number of nitrogens with zero attached hydrogens (tertiary/aromatic N) is 2. The molecule has 1 N–H and O–H groups in total. The van der Waals surface area contributed by atoms with Crippen LogP contribution < -0.4 is 9.62 Å². The van der Waals surface area contributed by atoms with Gasteiger partial charge in [-0.1, -0.05) is 71.4 Å². The summed E-state index contributed by atoms with van der Waals surface area (Å²) >= 11 is 3.40. The summed E-state index contributed by atoms with van der Waals surface area (Å²) in [6, 6.07) is 19.4. The van der Waals surface area contributed by atoms with Crippen molar-refractivity contribution in [1.82, 2.24) is 10.2 Å². The molecule has 0 fully saturated rings. The van der Waals surface area contributed by atoms with Gasteiger partial charge in [0.05, 0.1) is 11.9 Å². The van der Waals surface area contributed by atoms with Crippen LogP contribution in [0.4, 0.5) is 5.69 Å². The maximum Gasteiger partial charge on any atom is 0.244 e. The molecule has 0 aliphatic carbocycles. The molecule has 0 aliphatic rings. The molecule has 0 radical (unpaired) electrons. The second kappa shape index (κ2) is 11.7. The predicted molar refractivity (Wildman–Crippen MR) is 144 cm³/mol. The zero-order chi connectivity index (χ0) is 25.6. The number of carbonyl (C=O) groups excluding carboxylic acids is 2. The van der Waals surface area contributed by atoms with E-state index in [1.54, 1.807) is 19.1 Å². The minimum Gasteiger partial charge on any atom is -0.354 e. The Hall–Kier alpha value is -2.91. The van der Waals surface area contributed by atoms with Crippen LogP contribution in [-0.2, 0) is 26.2 Å². The molecule has 0 aliphatic heterocycles. The third-order valence-electron chi connectivity index (χ3n) is 5.70. The van der Waals surface area contributed by atoms with Gasteiger partial charge >= 0.3 is 0 Å². The van der Waals surface area contributed by atoms with Gasteiger partial charge in [-0.3, -0.25) is 13.9 Å². The van der Waals surface area contributed by atoms with Crippen LogP contribution in [0, 0.1) is 0 Å². The summed E-state index contributed by atoms with van der Waals surface area (Å²) in [5.74, 6) is -0.751. The number of hydrogen-bond acceptors (Lipinski definition) is 4. The van der Waals surface area contributed by atoms with Gasteiger partial charge < -0.3 is 10.2 Å². The highest BCUT2D eigenvalue weighted by molar-refractivity contribution is 9.10. The van der Waals surface area contributed by atoms with E-state index >= 15 is 0 Å². The van der Waals surface area contributed by atoms with Crippen LogP contribution in [0.3, 0.4) is 0 Å². The zero-order valence-electron chi connectivity index (χ0n) is 20.1. The lowest BCUT2D eigenvalue weighted by atomic mass is 10.1.